The standard InChI is InChI=1S/C13H20N2O2/c1-10-6-3-4-7-11(10)13(2,12(16)17)15-9-5-8-14/h3-4,6-7,15H,5,8-9,14H2,1-2H3,(H,16,17). The van der Waals surface area contributed by atoms with Gasteiger partial charge in [0.05, 0.1) is 0 Å². The van der Waals surface area contributed by atoms with Crippen LogP contribution in [0.5, 0.6) is 0 Å². The smallest absolute Gasteiger partial charge is 0.328 e. The van der Waals surface area contributed by atoms with Crippen molar-refractivity contribution in [2.45, 2.75) is 25.8 Å². The third-order valence-electron chi connectivity index (χ3n) is 2.97. The normalized spacial score (nSPS) is 14.3. The first kappa shape index (κ1) is 13.7. The van der Waals surface area contributed by atoms with Crippen molar-refractivity contribution in [3.63, 3.8) is 0 Å². The second-order valence-electron chi connectivity index (χ2n) is 4.31. The number of carbonyl (C=O) groups is 1. The Morgan fingerprint density at radius 3 is 2.65 bits per heavy atom. The number of aliphatic carboxylic acids is 1. The number of rotatable bonds is 6. The average Bonchev–Trinajstić information content (AvgIpc) is 2.29. The molecule has 0 amide bonds. The first-order valence-electron chi connectivity index (χ1n) is 5.77. The number of hydrogen-bond donors (Lipinski definition) is 3. The van der Waals surface area contributed by atoms with Crippen molar-refractivity contribution in [3.8, 4) is 0 Å². The summed E-state index contributed by atoms with van der Waals surface area (Å²) in [4.78, 5) is 11.5. The summed E-state index contributed by atoms with van der Waals surface area (Å²) in [7, 11) is 0. The monoisotopic (exact) mass is 236 g/mol. The van der Waals surface area contributed by atoms with E-state index < -0.39 is 11.5 Å². The molecule has 0 heterocycles. The number of aryl methyl sites for hydroxylation is 1. The Kier molecular flexibility index (Phi) is 4.66. The molecule has 0 spiro atoms. The third-order valence-corrected chi connectivity index (χ3v) is 2.97. The molecular formula is C13H20N2O2. The van der Waals surface area contributed by atoms with Crippen molar-refractivity contribution in [1.29, 1.82) is 0 Å². The van der Waals surface area contributed by atoms with E-state index in [4.69, 9.17) is 5.73 Å². The molecule has 0 aromatic heterocycles. The predicted octanol–water partition coefficient (Wildman–Crippen LogP) is 1.23. The Hall–Kier alpha value is -1.39. The van der Waals surface area contributed by atoms with Crippen LogP contribution >= 0.6 is 0 Å². The Labute approximate surface area is 102 Å². The second-order valence-corrected chi connectivity index (χ2v) is 4.31. The fourth-order valence-electron chi connectivity index (χ4n) is 1.86. The predicted molar refractivity (Wildman–Crippen MR) is 67.8 cm³/mol. The van der Waals surface area contributed by atoms with Crippen LogP contribution < -0.4 is 11.1 Å². The van der Waals surface area contributed by atoms with Gasteiger partial charge in [0.15, 0.2) is 0 Å². The lowest BCUT2D eigenvalue weighted by Gasteiger charge is -2.28. The Bertz CT molecular complexity index is 393. The number of nitrogens with one attached hydrogen (secondary N) is 1. The highest BCUT2D eigenvalue weighted by Gasteiger charge is 2.35. The molecule has 0 fully saturated rings. The summed E-state index contributed by atoms with van der Waals surface area (Å²) < 4.78 is 0. The van der Waals surface area contributed by atoms with Crippen LogP contribution in [0, 0.1) is 6.92 Å². The molecule has 1 unspecified atom stereocenters. The van der Waals surface area contributed by atoms with E-state index in [1.807, 2.05) is 31.2 Å². The van der Waals surface area contributed by atoms with Crippen LogP contribution in [0.1, 0.15) is 24.5 Å². The zero-order valence-electron chi connectivity index (χ0n) is 10.4. The summed E-state index contributed by atoms with van der Waals surface area (Å²) in [5.41, 5.74) is 6.13. The quantitative estimate of drug-likeness (QED) is 0.649. The van der Waals surface area contributed by atoms with Gasteiger partial charge in [0.25, 0.3) is 0 Å². The van der Waals surface area contributed by atoms with Crippen molar-refractivity contribution >= 4 is 5.97 Å². The molecule has 4 N–H and O–H groups in total. The van der Waals surface area contributed by atoms with E-state index in [1.165, 1.54) is 0 Å². The minimum atomic E-state index is -1.06. The van der Waals surface area contributed by atoms with Gasteiger partial charge in [0.2, 0.25) is 0 Å². The van der Waals surface area contributed by atoms with E-state index >= 15 is 0 Å². The topological polar surface area (TPSA) is 75.3 Å². The molecule has 0 aliphatic heterocycles. The van der Waals surface area contributed by atoms with E-state index in [0.717, 1.165) is 17.5 Å². The van der Waals surface area contributed by atoms with Gasteiger partial charge in [-0.25, -0.2) is 4.79 Å². The highest BCUT2D eigenvalue weighted by atomic mass is 16.4. The average molecular weight is 236 g/mol. The zero-order chi connectivity index (χ0) is 12.9. The third kappa shape index (κ3) is 3.05. The number of carboxylic acid groups (broad SMARTS) is 1. The highest BCUT2D eigenvalue weighted by Crippen LogP contribution is 2.24. The SMILES string of the molecule is Cc1ccccc1C(C)(NCCCN)C(=O)O. The van der Waals surface area contributed by atoms with Crippen LogP contribution in [0.2, 0.25) is 0 Å². The maximum Gasteiger partial charge on any atom is 0.328 e. The molecule has 0 radical (unpaired) electrons. The van der Waals surface area contributed by atoms with Gasteiger partial charge in [-0.15, -0.1) is 0 Å². The van der Waals surface area contributed by atoms with Gasteiger partial charge in [0, 0.05) is 0 Å². The second kappa shape index (κ2) is 5.80. The lowest BCUT2D eigenvalue weighted by atomic mass is 9.88. The maximum absolute atomic E-state index is 11.5. The van der Waals surface area contributed by atoms with E-state index in [0.29, 0.717) is 13.1 Å². The van der Waals surface area contributed by atoms with Gasteiger partial charge >= 0.3 is 5.97 Å². The van der Waals surface area contributed by atoms with Gasteiger partial charge in [0.1, 0.15) is 5.54 Å². The largest absolute Gasteiger partial charge is 0.480 e. The maximum atomic E-state index is 11.5. The molecule has 0 aliphatic carbocycles. The highest BCUT2D eigenvalue weighted by molar-refractivity contribution is 5.80. The molecule has 1 aromatic carbocycles. The number of hydrogen-bond acceptors (Lipinski definition) is 3. The summed E-state index contributed by atoms with van der Waals surface area (Å²) in [5, 5.41) is 12.5. The van der Waals surface area contributed by atoms with Crippen LogP contribution in [-0.2, 0) is 10.3 Å². The van der Waals surface area contributed by atoms with Gasteiger partial charge < -0.3 is 10.8 Å². The van der Waals surface area contributed by atoms with Crippen molar-refractivity contribution < 1.29 is 9.90 Å². The molecule has 0 saturated carbocycles. The fourth-order valence-corrected chi connectivity index (χ4v) is 1.86. The van der Waals surface area contributed by atoms with Gasteiger partial charge in [-0.2, -0.15) is 0 Å². The van der Waals surface area contributed by atoms with Crippen LogP contribution in [0.3, 0.4) is 0 Å². The fraction of sp³-hybridized carbons (Fsp3) is 0.462. The van der Waals surface area contributed by atoms with Gasteiger partial charge in [-0.3, -0.25) is 5.32 Å². The Balaban J connectivity index is 2.99. The first-order valence-corrected chi connectivity index (χ1v) is 5.77. The van der Waals surface area contributed by atoms with Gasteiger partial charge in [-0.05, 0) is 44.5 Å². The number of carboxylic acids is 1. The summed E-state index contributed by atoms with van der Waals surface area (Å²) in [5.74, 6) is -0.871. The van der Waals surface area contributed by atoms with E-state index in [9.17, 15) is 9.90 Å². The van der Waals surface area contributed by atoms with Crippen molar-refractivity contribution in [2.75, 3.05) is 13.1 Å². The van der Waals surface area contributed by atoms with Crippen LogP contribution in [0.15, 0.2) is 24.3 Å². The Morgan fingerprint density at radius 2 is 2.12 bits per heavy atom. The molecule has 4 heteroatoms. The molecule has 0 aliphatic rings. The molecule has 17 heavy (non-hydrogen) atoms. The van der Waals surface area contributed by atoms with E-state index in [1.54, 1.807) is 6.92 Å². The zero-order valence-corrected chi connectivity index (χ0v) is 10.4. The summed E-state index contributed by atoms with van der Waals surface area (Å²) in [6.07, 6.45) is 0.759. The number of nitrogens with two attached hydrogens (primary N) is 1. The summed E-state index contributed by atoms with van der Waals surface area (Å²) >= 11 is 0. The molecule has 4 nitrogen and oxygen atoms in total. The molecule has 1 atom stereocenters. The van der Waals surface area contributed by atoms with Crippen LogP contribution in [-0.4, -0.2) is 24.2 Å². The molecule has 0 saturated heterocycles. The van der Waals surface area contributed by atoms with Crippen LogP contribution in [0.4, 0.5) is 0 Å². The first-order chi connectivity index (χ1) is 8.02. The molecular weight excluding hydrogens is 216 g/mol. The van der Waals surface area contributed by atoms with Crippen molar-refractivity contribution in [3.05, 3.63) is 35.4 Å². The minimum Gasteiger partial charge on any atom is -0.480 e. The van der Waals surface area contributed by atoms with Crippen molar-refractivity contribution in [1.82, 2.24) is 5.32 Å². The molecule has 1 rings (SSSR count). The summed E-state index contributed by atoms with van der Waals surface area (Å²) in [6, 6.07) is 7.52. The lowest BCUT2D eigenvalue weighted by molar-refractivity contribution is -0.144. The molecule has 94 valence electrons. The van der Waals surface area contributed by atoms with E-state index in [-0.39, 0.29) is 0 Å². The minimum absolute atomic E-state index is 0.552. The molecule has 0 bridgehead atoms. The van der Waals surface area contributed by atoms with Crippen LogP contribution in [0.25, 0.3) is 0 Å². The number of benzene rings is 1. The van der Waals surface area contributed by atoms with Gasteiger partial charge in [-0.1, -0.05) is 24.3 Å². The lowest BCUT2D eigenvalue weighted by Crippen LogP contribution is -2.47. The summed E-state index contributed by atoms with van der Waals surface area (Å²) in [6.45, 7) is 4.75. The van der Waals surface area contributed by atoms with E-state index in [2.05, 4.69) is 5.32 Å². The van der Waals surface area contributed by atoms with Crippen molar-refractivity contribution in [2.24, 2.45) is 5.73 Å². The Morgan fingerprint density at radius 1 is 1.47 bits per heavy atom. The molecule has 1 aromatic rings.